The number of nitrogens with zero attached hydrogens (tertiary/aromatic N) is 1. The Bertz CT molecular complexity index is 364. The molecule has 0 spiro atoms. The zero-order valence-electron chi connectivity index (χ0n) is 7.17. The van der Waals surface area contributed by atoms with Gasteiger partial charge in [-0.05, 0) is 19.1 Å². The molecule has 0 fully saturated rings. The van der Waals surface area contributed by atoms with Crippen molar-refractivity contribution in [2.24, 2.45) is 0 Å². The highest BCUT2D eigenvalue weighted by Gasteiger charge is 1.76. The summed E-state index contributed by atoms with van der Waals surface area (Å²) >= 11 is 0. The largest absolute Gasteiger partial charge is 0.344 e. The molecular weight excluding hydrogens is 148 g/mol. The first-order valence-corrected chi connectivity index (χ1v) is 3.73. The van der Waals surface area contributed by atoms with Gasteiger partial charge in [0.2, 0.25) is 0 Å². The van der Waals surface area contributed by atoms with E-state index in [0.29, 0.717) is 0 Å². The van der Waals surface area contributed by atoms with Gasteiger partial charge in [0, 0.05) is 5.35 Å². The Morgan fingerprint density at radius 2 is 1.92 bits per heavy atom. The van der Waals surface area contributed by atoms with Gasteiger partial charge >= 0.3 is 0 Å². The van der Waals surface area contributed by atoms with Crippen LogP contribution in [-0.4, -0.2) is 9.97 Å². The number of nitrogens with one attached hydrogen (secondary N) is 1. The Labute approximate surface area is 71.6 Å². The van der Waals surface area contributed by atoms with E-state index < -0.39 is 0 Å². The third-order valence-corrected chi connectivity index (χ3v) is 1.35. The van der Waals surface area contributed by atoms with Crippen LogP contribution in [0.15, 0.2) is 24.3 Å². The zero-order chi connectivity index (χ0) is 8.97. The minimum absolute atomic E-state index is 0.736. The van der Waals surface area contributed by atoms with Crippen LogP contribution in [0.4, 0.5) is 0 Å². The van der Waals surface area contributed by atoms with Gasteiger partial charge in [-0.1, -0.05) is 25.3 Å². The smallest absolute Gasteiger partial charge is 0.103 e. The fourth-order valence-corrected chi connectivity index (χ4v) is 0.893. The van der Waals surface area contributed by atoms with Crippen LogP contribution in [-0.2, 0) is 0 Å². The van der Waals surface area contributed by atoms with Gasteiger partial charge in [-0.15, -0.1) is 0 Å². The maximum atomic E-state index is 4.17. The molecule has 1 N–H and O–H groups in total. The highest BCUT2D eigenvalue weighted by Crippen LogP contribution is 1.71. The first-order valence-electron chi connectivity index (χ1n) is 3.73. The molecule has 0 radical (unpaired) electrons. The van der Waals surface area contributed by atoms with E-state index in [-0.39, 0.29) is 0 Å². The lowest BCUT2D eigenvalue weighted by molar-refractivity contribution is 1.04. The van der Waals surface area contributed by atoms with Crippen molar-refractivity contribution >= 4 is 13.2 Å². The van der Waals surface area contributed by atoms with E-state index in [4.69, 9.17) is 0 Å². The first-order chi connectivity index (χ1) is 5.68. The van der Waals surface area contributed by atoms with E-state index in [9.17, 15) is 0 Å². The molecule has 0 amide bonds. The van der Waals surface area contributed by atoms with Gasteiger partial charge in [-0.25, -0.2) is 4.98 Å². The third-order valence-electron chi connectivity index (χ3n) is 1.35. The topological polar surface area (TPSA) is 28.7 Å². The van der Waals surface area contributed by atoms with E-state index in [2.05, 4.69) is 23.1 Å². The molecule has 12 heavy (non-hydrogen) atoms. The van der Waals surface area contributed by atoms with Crippen LogP contribution in [0.3, 0.4) is 0 Å². The standard InChI is InChI=1S/C10H12N2/c1-8-6-4-5-7-9(2)12-10(3)11-8/h4-7H,1-2H2,3H3,(H,11,12). The van der Waals surface area contributed by atoms with Gasteiger partial charge in [0.25, 0.3) is 0 Å². The van der Waals surface area contributed by atoms with Crippen LogP contribution in [0.1, 0.15) is 5.82 Å². The van der Waals surface area contributed by atoms with Gasteiger partial charge < -0.3 is 4.98 Å². The average Bonchev–Trinajstić information content (AvgIpc) is 2.01. The number of aromatic amines is 1. The molecule has 1 aromatic rings. The van der Waals surface area contributed by atoms with Crippen molar-refractivity contribution in [3.8, 4) is 0 Å². The second-order valence-corrected chi connectivity index (χ2v) is 2.56. The predicted octanol–water partition coefficient (Wildman–Crippen LogP) is 0.663. The summed E-state index contributed by atoms with van der Waals surface area (Å²) in [5, 5.41) is 1.56. The Hall–Kier alpha value is -1.57. The molecular formula is C10H12N2. The van der Waals surface area contributed by atoms with Crippen LogP contribution in [0.5, 0.6) is 0 Å². The lowest BCUT2D eigenvalue weighted by Crippen LogP contribution is -2.06. The van der Waals surface area contributed by atoms with Crippen molar-refractivity contribution in [2.75, 3.05) is 0 Å². The van der Waals surface area contributed by atoms with E-state index in [1.807, 2.05) is 31.2 Å². The lowest BCUT2D eigenvalue weighted by Gasteiger charge is -1.83. The molecule has 2 heteroatoms. The molecule has 62 valence electrons. The number of aromatic nitrogens is 2. The summed E-state index contributed by atoms with van der Waals surface area (Å²) in [6, 6.07) is 7.51. The SMILES string of the molecule is C=c1ccccc(=C)[nH]c(C)n1. The normalized spacial score (nSPS) is 9.08. The molecule has 0 saturated carbocycles. The molecule has 0 bridgehead atoms. The van der Waals surface area contributed by atoms with Crippen molar-refractivity contribution < 1.29 is 0 Å². The van der Waals surface area contributed by atoms with Crippen LogP contribution in [0, 0.1) is 6.92 Å². The Morgan fingerprint density at radius 1 is 1.25 bits per heavy atom. The third kappa shape index (κ3) is 2.58. The monoisotopic (exact) mass is 160 g/mol. The summed E-state index contributed by atoms with van der Waals surface area (Å²) in [5.74, 6) is 0.807. The quantitative estimate of drug-likeness (QED) is 0.593. The molecule has 0 aromatic carbocycles. The summed E-state index contributed by atoms with van der Waals surface area (Å²) in [6.45, 7) is 9.42. The summed E-state index contributed by atoms with van der Waals surface area (Å²) in [7, 11) is 0. The van der Waals surface area contributed by atoms with Crippen molar-refractivity contribution in [1.82, 2.24) is 9.97 Å². The van der Waals surface area contributed by atoms with Crippen molar-refractivity contribution in [1.29, 1.82) is 0 Å². The molecule has 0 unspecified atom stereocenters. The van der Waals surface area contributed by atoms with Gasteiger partial charge in [0.05, 0.1) is 5.35 Å². The maximum Gasteiger partial charge on any atom is 0.103 e. The van der Waals surface area contributed by atoms with E-state index in [1.165, 1.54) is 0 Å². The fourth-order valence-electron chi connectivity index (χ4n) is 0.893. The summed E-state index contributed by atoms with van der Waals surface area (Å²) in [6.07, 6.45) is 0. The number of aryl methyl sites for hydroxylation is 1. The molecule has 0 aliphatic heterocycles. The maximum absolute atomic E-state index is 4.17. The van der Waals surface area contributed by atoms with E-state index >= 15 is 0 Å². The molecule has 0 aliphatic rings. The predicted molar refractivity (Wildman–Crippen MR) is 51.2 cm³/mol. The van der Waals surface area contributed by atoms with Crippen molar-refractivity contribution in [2.45, 2.75) is 6.92 Å². The van der Waals surface area contributed by atoms with E-state index in [0.717, 1.165) is 16.5 Å². The molecule has 2 nitrogen and oxygen atoms in total. The van der Waals surface area contributed by atoms with E-state index in [1.54, 1.807) is 0 Å². The molecule has 0 aliphatic carbocycles. The second-order valence-electron chi connectivity index (χ2n) is 2.56. The molecule has 1 aromatic heterocycles. The van der Waals surface area contributed by atoms with Gasteiger partial charge in [-0.3, -0.25) is 0 Å². The molecule has 1 rings (SSSR count). The minimum atomic E-state index is 0.736. The number of hydrogen-bond acceptors (Lipinski definition) is 1. The van der Waals surface area contributed by atoms with Gasteiger partial charge in [0.1, 0.15) is 5.82 Å². The summed E-state index contributed by atoms with van der Waals surface area (Å²) < 4.78 is 0. The molecule has 1 heterocycles. The Balaban J connectivity index is 3.56. The summed E-state index contributed by atoms with van der Waals surface area (Å²) in [5.41, 5.74) is 0. The van der Waals surface area contributed by atoms with Crippen LogP contribution < -0.4 is 10.7 Å². The van der Waals surface area contributed by atoms with Crippen LogP contribution in [0.2, 0.25) is 0 Å². The minimum Gasteiger partial charge on any atom is -0.344 e. The van der Waals surface area contributed by atoms with Crippen molar-refractivity contribution in [3.05, 3.63) is 40.8 Å². The van der Waals surface area contributed by atoms with Gasteiger partial charge in [-0.2, -0.15) is 0 Å². The van der Waals surface area contributed by atoms with Crippen LogP contribution >= 0.6 is 0 Å². The fraction of sp³-hybridized carbons (Fsp3) is 0.100. The van der Waals surface area contributed by atoms with Crippen LogP contribution in [0.25, 0.3) is 13.2 Å². The highest BCUT2D eigenvalue weighted by molar-refractivity contribution is 5.02. The highest BCUT2D eigenvalue weighted by atomic mass is 14.8. The number of hydrogen-bond donors (Lipinski definition) is 1. The Kier molecular flexibility index (Phi) is 2.64. The van der Waals surface area contributed by atoms with Crippen molar-refractivity contribution in [3.63, 3.8) is 0 Å². The molecule has 0 atom stereocenters. The number of H-pyrrole nitrogens is 1. The number of rotatable bonds is 0. The Morgan fingerprint density at radius 3 is 2.67 bits per heavy atom. The average molecular weight is 160 g/mol. The molecule has 0 saturated heterocycles. The first kappa shape index (κ1) is 8.53. The van der Waals surface area contributed by atoms with Gasteiger partial charge in [0.15, 0.2) is 0 Å². The zero-order valence-corrected chi connectivity index (χ0v) is 7.17. The summed E-state index contributed by atoms with van der Waals surface area (Å²) in [4.78, 5) is 7.19. The second kappa shape index (κ2) is 3.72. The lowest BCUT2D eigenvalue weighted by atomic mass is 10.5.